The quantitative estimate of drug-likeness (QED) is 0.337. The highest BCUT2D eigenvalue weighted by Gasteiger charge is 2.09. The number of amides is 1. The first-order valence-electron chi connectivity index (χ1n) is 8.92. The van der Waals surface area contributed by atoms with Crippen LogP contribution in [0, 0.1) is 0 Å². The van der Waals surface area contributed by atoms with Crippen molar-refractivity contribution in [2.45, 2.75) is 19.8 Å². The summed E-state index contributed by atoms with van der Waals surface area (Å²) in [6, 6.07) is 18.7. The van der Waals surface area contributed by atoms with Crippen molar-refractivity contribution in [2.75, 3.05) is 6.61 Å². The fraction of sp³-hybridized carbons (Fsp3) is 0.182. The molecule has 3 rings (SSSR count). The van der Waals surface area contributed by atoms with E-state index in [2.05, 4.69) is 17.5 Å². The Morgan fingerprint density at radius 2 is 1.96 bits per heavy atom. The topological polar surface area (TPSA) is 50.7 Å². The second kappa shape index (κ2) is 9.19. The molecule has 0 radical (unpaired) electrons. The van der Waals surface area contributed by atoms with Crippen LogP contribution in [0.15, 0.2) is 65.8 Å². The molecule has 0 heterocycles. The van der Waals surface area contributed by atoms with Crippen LogP contribution in [0.5, 0.6) is 5.75 Å². The van der Waals surface area contributed by atoms with E-state index in [1.54, 1.807) is 24.4 Å². The van der Waals surface area contributed by atoms with Crippen LogP contribution in [0.3, 0.4) is 0 Å². The van der Waals surface area contributed by atoms with E-state index in [9.17, 15) is 4.79 Å². The molecule has 0 fully saturated rings. The molecule has 1 N–H and O–H groups in total. The van der Waals surface area contributed by atoms with Crippen LogP contribution in [-0.4, -0.2) is 18.7 Å². The number of hydrogen-bond donors (Lipinski definition) is 1. The fourth-order valence-corrected chi connectivity index (χ4v) is 2.90. The molecular weight excluding hydrogens is 360 g/mol. The maximum Gasteiger partial charge on any atom is 0.271 e. The van der Waals surface area contributed by atoms with Gasteiger partial charge < -0.3 is 4.74 Å². The Labute approximate surface area is 163 Å². The van der Waals surface area contributed by atoms with E-state index in [0.717, 1.165) is 29.2 Å². The summed E-state index contributed by atoms with van der Waals surface area (Å²) >= 11 is 6.08. The standard InChI is InChI=1S/C22H21ClN2O2/c1-2-3-13-27-21-12-11-18(23)14-17(21)15-24-25-22(26)20-10-6-8-16-7-4-5-9-19(16)20/h4-12,14-15H,2-3,13H2,1H3,(H,25,26)/b24-15+. The fourth-order valence-electron chi connectivity index (χ4n) is 2.72. The van der Waals surface area contributed by atoms with Crippen molar-refractivity contribution in [3.05, 3.63) is 76.8 Å². The Bertz CT molecular complexity index is 964. The van der Waals surface area contributed by atoms with E-state index in [1.807, 2.05) is 42.5 Å². The summed E-state index contributed by atoms with van der Waals surface area (Å²) in [6.45, 7) is 2.73. The van der Waals surface area contributed by atoms with Gasteiger partial charge in [0.25, 0.3) is 5.91 Å². The third-order valence-corrected chi connectivity index (χ3v) is 4.37. The van der Waals surface area contributed by atoms with Crippen LogP contribution >= 0.6 is 11.6 Å². The summed E-state index contributed by atoms with van der Waals surface area (Å²) in [7, 11) is 0. The van der Waals surface area contributed by atoms with Gasteiger partial charge in [-0.15, -0.1) is 0 Å². The Hall–Kier alpha value is -2.85. The first kappa shape index (κ1) is 18.9. The number of hydrogen-bond acceptors (Lipinski definition) is 3. The SMILES string of the molecule is CCCCOc1ccc(Cl)cc1/C=N/NC(=O)c1cccc2ccccc12. The minimum absolute atomic E-state index is 0.265. The summed E-state index contributed by atoms with van der Waals surface area (Å²) in [5.41, 5.74) is 3.88. The normalized spacial score (nSPS) is 11.0. The van der Waals surface area contributed by atoms with Crippen LogP contribution in [0.25, 0.3) is 10.8 Å². The van der Waals surface area contributed by atoms with Gasteiger partial charge in [-0.1, -0.05) is 61.3 Å². The van der Waals surface area contributed by atoms with E-state index in [4.69, 9.17) is 16.3 Å². The molecule has 0 aromatic heterocycles. The number of fused-ring (bicyclic) bond motifs is 1. The van der Waals surface area contributed by atoms with Crippen LogP contribution in [0.2, 0.25) is 5.02 Å². The summed E-state index contributed by atoms with van der Waals surface area (Å²) in [5.74, 6) is 0.425. The van der Waals surface area contributed by atoms with Gasteiger partial charge in [0.15, 0.2) is 0 Å². The molecule has 4 nitrogen and oxygen atoms in total. The van der Waals surface area contributed by atoms with Crippen LogP contribution in [0.4, 0.5) is 0 Å². The number of nitrogens with one attached hydrogen (secondary N) is 1. The number of carbonyl (C=O) groups excluding carboxylic acids is 1. The molecule has 0 atom stereocenters. The smallest absolute Gasteiger partial charge is 0.271 e. The van der Waals surface area contributed by atoms with Crippen molar-refractivity contribution in [1.29, 1.82) is 0 Å². The van der Waals surface area contributed by atoms with Gasteiger partial charge in [-0.2, -0.15) is 5.10 Å². The largest absolute Gasteiger partial charge is 0.493 e. The summed E-state index contributed by atoms with van der Waals surface area (Å²) in [5, 5.41) is 6.57. The lowest BCUT2D eigenvalue weighted by Crippen LogP contribution is -2.18. The molecule has 0 spiro atoms. The van der Waals surface area contributed by atoms with Gasteiger partial charge in [0.05, 0.1) is 12.8 Å². The highest BCUT2D eigenvalue weighted by Crippen LogP contribution is 2.22. The number of hydrazone groups is 1. The Kier molecular flexibility index (Phi) is 6.44. The number of rotatable bonds is 7. The Balaban J connectivity index is 1.75. The minimum atomic E-state index is -0.265. The molecule has 0 saturated carbocycles. The van der Waals surface area contributed by atoms with Gasteiger partial charge in [-0.3, -0.25) is 4.79 Å². The van der Waals surface area contributed by atoms with Gasteiger partial charge in [0.1, 0.15) is 5.75 Å². The number of nitrogens with zero attached hydrogens (tertiary/aromatic N) is 1. The third kappa shape index (κ3) is 4.86. The molecule has 0 aliphatic heterocycles. The minimum Gasteiger partial charge on any atom is -0.493 e. The maximum absolute atomic E-state index is 12.5. The van der Waals surface area contributed by atoms with Gasteiger partial charge in [0, 0.05) is 16.1 Å². The molecule has 3 aromatic carbocycles. The van der Waals surface area contributed by atoms with Crippen LogP contribution < -0.4 is 10.2 Å². The van der Waals surface area contributed by atoms with Gasteiger partial charge >= 0.3 is 0 Å². The van der Waals surface area contributed by atoms with Crippen LogP contribution in [-0.2, 0) is 0 Å². The van der Waals surface area contributed by atoms with Crippen molar-refractivity contribution < 1.29 is 9.53 Å². The lowest BCUT2D eigenvalue weighted by molar-refractivity contribution is 0.0957. The second-order valence-corrected chi connectivity index (χ2v) is 6.55. The van der Waals surface area contributed by atoms with Crippen molar-refractivity contribution in [1.82, 2.24) is 5.43 Å². The molecule has 27 heavy (non-hydrogen) atoms. The zero-order valence-corrected chi connectivity index (χ0v) is 15.9. The molecule has 0 aliphatic rings. The van der Waals surface area contributed by atoms with E-state index in [0.29, 0.717) is 22.9 Å². The molecule has 5 heteroatoms. The van der Waals surface area contributed by atoms with E-state index in [-0.39, 0.29) is 5.91 Å². The predicted molar refractivity (Wildman–Crippen MR) is 111 cm³/mol. The van der Waals surface area contributed by atoms with Crippen molar-refractivity contribution in [3.63, 3.8) is 0 Å². The van der Waals surface area contributed by atoms with E-state index < -0.39 is 0 Å². The molecule has 0 aliphatic carbocycles. The average molecular weight is 381 g/mol. The number of carbonyl (C=O) groups is 1. The third-order valence-electron chi connectivity index (χ3n) is 4.13. The Morgan fingerprint density at radius 3 is 2.81 bits per heavy atom. The number of ether oxygens (including phenoxy) is 1. The highest BCUT2D eigenvalue weighted by molar-refractivity contribution is 6.30. The molecule has 0 unspecified atom stereocenters. The highest BCUT2D eigenvalue weighted by atomic mass is 35.5. The van der Waals surface area contributed by atoms with Gasteiger partial charge in [-0.05, 0) is 41.5 Å². The number of unbranched alkanes of at least 4 members (excludes halogenated alkanes) is 1. The summed E-state index contributed by atoms with van der Waals surface area (Å²) in [4.78, 5) is 12.5. The zero-order chi connectivity index (χ0) is 19.1. The van der Waals surface area contributed by atoms with Crippen molar-refractivity contribution in [3.8, 4) is 5.75 Å². The first-order valence-corrected chi connectivity index (χ1v) is 9.30. The van der Waals surface area contributed by atoms with Crippen molar-refractivity contribution >= 4 is 34.5 Å². The summed E-state index contributed by atoms with van der Waals surface area (Å²) in [6.07, 6.45) is 3.57. The van der Waals surface area contributed by atoms with E-state index >= 15 is 0 Å². The maximum atomic E-state index is 12.5. The number of halogens is 1. The monoisotopic (exact) mass is 380 g/mol. The summed E-state index contributed by atoms with van der Waals surface area (Å²) < 4.78 is 5.77. The van der Waals surface area contributed by atoms with Crippen LogP contribution in [0.1, 0.15) is 35.7 Å². The first-order chi connectivity index (χ1) is 13.2. The molecule has 3 aromatic rings. The molecule has 0 bridgehead atoms. The molecule has 0 saturated heterocycles. The predicted octanol–water partition coefficient (Wildman–Crippen LogP) is 5.44. The zero-order valence-electron chi connectivity index (χ0n) is 15.1. The molecular formula is C22H21ClN2O2. The number of benzene rings is 3. The van der Waals surface area contributed by atoms with E-state index in [1.165, 1.54) is 0 Å². The Morgan fingerprint density at radius 1 is 1.15 bits per heavy atom. The lowest BCUT2D eigenvalue weighted by Gasteiger charge is -2.09. The van der Waals surface area contributed by atoms with Crippen molar-refractivity contribution in [2.24, 2.45) is 5.10 Å². The van der Waals surface area contributed by atoms with Gasteiger partial charge in [-0.25, -0.2) is 5.43 Å². The second-order valence-electron chi connectivity index (χ2n) is 6.11. The molecule has 138 valence electrons. The molecule has 1 amide bonds. The lowest BCUT2D eigenvalue weighted by atomic mass is 10.0. The van der Waals surface area contributed by atoms with Gasteiger partial charge in [0.2, 0.25) is 0 Å². The average Bonchev–Trinajstić information content (AvgIpc) is 2.69.